The van der Waals surface area contributed by atoms with E-state index in [9.17, 15) is 0 Å². The molecule has 2 rings (SSSR count). The van der Waals surface area contributed by atoms with E-state index in [-0.39, 0.29) is 5.60 Å². The maximum atomic E-state index is 6.72. The fourth-order valence-corrected chi connectivity index (χ4v) is 5.13. The van der Waals surface area contributed by atoms with Crippen molar-refractivity contribution < 1.29 is 4.74 Å². The van der Waals surface area contributed by atoms with Crippen molar-refractivity contribution in [2.24, 2.45) is 17.8 Å². The molecule has 0 heterocycles. The van der Waals surface area contributed by atoms with Crippen LogP contribution in [0.25, 0.3) is 0 Å². The quantitative estimate of drug-likeness (QED) is 0.412. The van der Waals surface area contributed by atoms with E-state index in [1.165, 1.54) is 62.2 Å². The van der Waals surface area contributed by atoms with Gasteiger partial charge in [0, 0.05) is 4.43 Å². The van der Waals surface area contributed by atoms with Crippen LogP contribution in [0.3, 0.4) is 0 Å². The van der Waals surface area contributed by atoms with Gasteiger partial charge in [-0.1, -0.05) is 62.6 Å². The van der Waals surface area contributed by atoms with Crippen molar-refractivity contribution in [2.45, 2.75) is 90.3 Å². The molecule has 0 aromatic rings. The summed E-state index contributed by atoms with van der Waals surface area (Å²) in [5.41, 5.74) is 0.215. The summed E-state index contributed by atoms with van der Waals surface area (Å²) in [6, 6.07) is 0. The minimum absolute atomic E-state index is 0.215. The average molecular weight is 392 g/mol. The SMILES string of the molecule is CCC1CCCC(OC2(CI)CCC(C(C)C)CC2)C1. The number of hydrogen-bond acceptors (Lipinski definition) is 1. The third-order valence-corrected chi connectivity index (χ3v) is 7.25. The van der Waals surface area contributed by atoms with Crippen molar-refractivity contribution >= 4 is 22.6 Å². The second kappa shape index (κ2) is 7.80. The van der Waals surface area contributed by atoms with Crippen LogP contribution >= 0.6 is 22.6 Å². The van der Waals surface area contributed by atoms with Gasteiger partial charge in [0.15, 0.2) is 0 Å². The van der Waals surface area contributed by atoms with E-state index in [0.29, 0.717) is 6.10 Å². The van der Waals surface area contributed by atoms with Gasteiger partial charge in [-0.25, -0.2) is 0 Å². The summed E-state index contributed by atoms with van der Waals surface area (Å²) in [5.74, 6) is 2.71. The number of rotatable bonds is 5. The van der Waals surface area contributed by atoms with Gasteiger partial charge in [-0.2, -0.15) is 0 Å². The molecule has 0 aromatic carbocycles. The average Bonchev–Trinajstić information content (AvgIpc) is 2.48. The lowest BCUT2D eigenvalue weighted by Crippen LogP contribution is -2.43. The Labute approximate surface area is 139 Å². The predicted octanol–water partition coefficient (Wildman–Crippen LogP) is 5.99. The maximum Gasteiger partial charge on any atom is 0.0775 e. The Hall–Kier alpha value is 0.690. The standard InChI is InChI=1S/C18H33IO/c1-4-15-6-5-7-17(12-15)20-18(13-19)10-8-16(9-11-18)14(2)3/h14-17H,4-13H2,1-3H3. The molecule has 0 amide bonds. The first-order valence-electron chi connectivity index (χ1n) is 8.82. The lowest BCUT2D eigenvalue weighted by molar-refractivity contribution is -0.121. The topological polar surface area (TPSA) is 9.23 Å². The third-order valence-electron chi connectivity index (χ3n) is 5.86. The first-order valence-corrected chi connectivity index (χ1v) is 10.3. The van der Waals surface area contributed by atoms with Gasteiger partial charge >= 0.3 is 0 Å². The highest BCUT2D eigenvalue weighted by Gasteiger charge is 2.38. The molecule has 0 bridgehead atoms. The van der Waals surface area contributed by atoms with Gasteiger partial charge in [0.05, 0.1) is 11.7 Å². The van der Waals surface area contributed by atoms with Crippen molar-refractivity contribution in [3.63, 3.8) is 0 Å². The number of halogens is 1. The summed E-state index contributed by atoms with van der Waals surface area (Å²) in [5, 5.41) is 0. The van der Waals surface area contributed by atoms with Gasteiger partial charge in [0.2, 0.25) is 0 Å². The Morgan fingerprint density at radius 3 is 2.40 bits per heavy atom. The second-order valence-electron chi connectivity index (χ2n) is 7.58. The molecule has 2 unspecified atom stereocenters. The van der Waals surface area contributed by atoms with Gasteiger partial charge in [-0.15, -0.1) is 0 Å². The Morgan fingerprint density at radius 2 is 1.85 bits per heavy atom. The van der Waals surface area contributed by atoms with Crippen LogP contribution in [0.5, 0.6) is 0 Å². The molecule has 1 nitrogen and oxygen atoms in total. The summed E-state index contributed by atoms with van der Waals surface area (Å²) in [6.07, 6.45) is 12.7. The van der Waals surface area contributed by atoms with Crippen molar-refractivity contribution in [3.8, 4) is 0 Å². The van der Waals surface area contributed by atoms with E-state index in [2.05, 4.69) is 43.4 Å². The van der Waals surface area contributed by atoms with E-state index in [1.807, 2.05) is 0 Å². The molecule has 2 aliphatic carbocycles. The summed E-state index contributed by atoms with van der Waals surface area (Å²) >= 11 is 2.57. The Kier molecular flexibility index (Phi) is 6.65. The molecular formula is C18H33IO. The molecule has 0 spiro atoms. The van der Waals surface area contributed by atoms with Crippen LogP contribution in [-0.4, -0.2) is 16.1 Å². The zero-order valence-corrected chi connectivity index (χ0v) is 15.8. The Balaban J connectivity index is 1.88. The van der Waals surface area contributed by atoms with Crippen molar-refractivity contribution in [3.05, 3.63) is 0 Å². The van der Waals surface area contributed by atoms with E-state index < -0.39 is 0 Å². The van der Waals surface area contributed by atoms with Crippen LogP contribution < -0.4 is 0 Å². The van der Waals surface area contributed by atoms with E-state index >= 15 is 0 Å². The lowest BCUT2D eigenvalue weighted by atomic mass is 9.75. The Morgan fingerprint density at radius 1 is 1.15 bits per heavy atom. The molecule has 2 fully saturated rings. The van der Waals surface area contributed by atoms with Gasteiger partial charge in [0.25, 0.3) is 0 Å². The molecule has 2 aliphatic rings. The maximum absolute atomic E-state index is 6.72. The Bertz CT molecular complexity index is 281. The van der Waals surface area contributed by atoms with E-state index in [4.69, 9.17) is 4.74 Å². The van der Waals surface area contributed by atoms with Gasteiger partial charge < -0.3 is 4.74 Å². The predicted molar refractivity (Wildman–Crippen MR) is 95.5 cm³/mol. The molecular weight excluding hydrogens is 359 g/mol. The number of hydrogen-bond donors (Lipinski definition) is 0. The minimum atomic E-state index is 0.215. The molecule has 2 heteroatoms. The van der Waals surface area contributed by atoms with Crippen LogP contribution in [0.1, 0.15) is 78.6 Å². The third kappa shape index (κ3) is 4.34. The molecule has 0 N–H and O–H groups in total. The van der Waals surface area contributed by atoms with E-state index in [1.54, 1.807) is 0 Å². The monoisotopic (exact) mass is 392 g/mol. The van der Waals surface area contributed by atoms with Crippen LogP contribution in [-0.2, 0) is 4.74 Å². The first-order chi connectivity index (χ1) is 9.58. The lowest BCUT2D eigenvalue weighted by Gasteiger charge is -2.44. The van der Waals surface area contributed by atoms with Crippen molar-refractivity contribution in [2.75, 3.05) is 4.43 Å². The largest absolute Gasteiger partial charge is 0.371 e. The molecule has 0 saturated heterocycles. The molecule has 0 aliphatic heterocycles. The van der Waals surface area contributed by atoms with Crippen LogP contribution in [0.4, 0.5) is 0 Å². The highest BCUT2D eigenvalue weighted by Crippen LogP contribution is 2.42. The van der Waals surface area contributed by atoms with Crippen molar-refractivity contribution in [1.29, 1.82) is 0 Å². The van der Waals surface area contributed by atoms with Crippen molar-refractivity contribution in [1.82, 2.24) is 0 Å². The highest BCUT2D eigenvalue weighted by atomic mass is 127. The van der Waals surface area contributed by atoms with E-state index in [0.717, 1.165) is 17.8 Å². The normalized spacial score (nSPS) is 39.1. The van der Waals surface area contributed by atoms with Crippen LogP contribution in [0.2, 0.25) is 0 Å². The molecule has 2 atom stereocenters. The van der Waals surface area contributed by atoms with Crippen LogP contribution in [0, 0.1) is 17.8 Å². The number of ether oxygens (including phenoxy) is 1. The molecule has 118 valence electrons. The second-order valence-corrected chi connectivity index (χ2v) is 8.34. The fourth-order valence-electron chi connectivity index (χ4n) is 4.19. The molecule has 0 radical (unpaired) electrons. The summed E-state index contributed by atoms with van der Waals surface area (Å²) < 4.78 is 7.91. The van der Waals surface area contributed by atoms with Crippen LogP contribution in [0.15, 0.2) is 0 Å². The smallest absolute Gasteiger partial charge is 0.0775 e. The number of alkyl halides is 1. The minimum Gasteiger partial charge on any atom is -0.371 e. The zero-order valence-electron chi connectivity index (χ0n) is 13.7. The summed E-state index contributed by atoms with van der Waals surface area (Å²) in [4.78, 5) is 0. The zero-order chi connectivity index (χ0) is 14.6. The first kappa shape index (κ1) is 17.1. The molecule has 0 aromatic heterocycles. The van der Waals surface area contributed by atoms with Gasteiger partial charge in [-0.3, -0.25) is 0 Å². The van der Waals surface area contributed by atoms with Gasteiger partial charge in [0.1, 0.15) is 0 Å². The molecule has 2 saturated carbocycles. The fraction of sp³-hybridized carbons (Fsp3) is 1.00. The highest BCUT2D eigenvalue weighted by molar-refractivity contribution is 14.1. The van der Waals surface area contributed by atoms with Gasteiger partial charge in [-0.05, 0) is 56.3 Å². The summed E-state index contributed by atoms with van der Waals surface area (Å²) in [7, 11) is 0. The molecule has 20 heavy (non-hydrogen) atoms. The summed E-state index contributed by atoms with van der Waals surface area (Å²) in [6.45, 7) is 7.11.